The molecule has 0 spiro atoms. The number of benzene rings is 3. The minimum atomic E-state index is 0.323. The second-order valence-corrected chi connectivity index (χ2v) is 6.81. The molecule has 4 rings (SSSR count). The third kappa shape index (κ3) is 3.95. The van der Waals surface area contributed by atoms with E-state index in [-0.39, 0.29) is 0 Å². The van der Waals surface area contributed by atoms with E-state index in [0.29, 0.717) is 19.1 Å². The van der Waals surface area contributed by atoms with Crippen LogP contribution >= 0.6 is 0 Å². The van der Waals surface area contributed by atoms with E-state index in [9.17, 15) is 0 Å². The normalized spacial score (nSPS) is 11.2. The zero-order valence-electron chi connectivity index (χ0n) is 16.0. The van der Waals surface area contributed by atoms with Crippen LogP contribution in [0.25, 0.3) is 11.0 Å². The average molecular weight is 372 g/mol. The van der Waals surface area contributed by atoms with Crippen LogP contribution in [0.1, 0.15) is 29.0 Å². The zero-order chi connectivity index (χ0) is 19.2. The van der Waals surface area contributed by atoms with Crippen LogP contribution in [0.15, 0.2) is 89.5 Å². The summed E-state index contributed by atoms with van der Waals surface area (Å²) in [6, 6.07) is 27.2. The fourth-order valence-corrected chi connectivity index (χ4v) is 3.64. The molecule has 0 aliphatic heterocycles. The van der Waals surface area contributed by atoms with Crippen molar-refractivity contribution in [3.8, 4) is 5.75 Å². The topological polar surface area (TPSA) is 31.6 Å². The van der Waals surface area contributed by atoms with Gasteiger partial charge in [0.25, 0.3) is 0 Å². The number of fused-ring (bicyclic) bond motifs is 1. The highest BCUT2D eigenvalue weighted by atomic mass is 16.5. The highest BCUT2D eigenvalue weighted by molar-refractivity contribution is 5.86. The van der Waals surface area contributed by atoms with Gasteiger partial charge in [-0.05, 0) is 23.6 Å². The van der Waals surface area contributed by atoms with Crippen molar-refractivity contribution in [2.75, 3.05) is 13.7 Å². The Morgan fingerprint density at radius 2 is 1.50 bits per heavy atom. The number of para-hydroxylation sites is 1. The molecule has 0 aliphatic carbocycles. The van der Waals surface area contributed by atoms with Gasteiger partial charge in [0.2, 0.25) is 0 Å². The van der Waals surface area contributed by atoms with E-state index < -0.39 is 0 Å². The predicted octanol–water partition coefficient (Wildman–Crippen LogP) is 6.18. The van der Waals surface area contributed by atoms with Crippen molar-refractivity contribution in [1.82, 2.24) is 0 Å². The van der Waals surface area contributed by atoms with Crippen LogP contribution in [0.5, 0.6) is 5.75 Å². The average Bonchev–Trinajstić information content (AvgIpc) is 3.18. The first-order chi connectivity index (χ1) is 13.9. The molecule has 3 nitrogen and oxygen atoms in total. The molecule has 0 atom stereocenters. The Balaban J connectivity index is 1.43. The van der Waals surface area contributed by atoms with Crippen LogP contribution < -0.4 is 4.74 Å². The Labute approximate surface area is 165 Å². The van der Waals surface area contributed by atoms with E-state index in [0.717, 1.165) is 28.7 Å². The van der Waals surface area contributed by atoms with Gasteiger partial charge in [0, 0.05) is 23.5 Å². The molecule has 3 heteroatoms. The molecular formula is C25H24O3. The number of hydrogen-bond acceptors (Lipinski definition) is 3. The molecule has 0 amide bonds. The number of methoxy groups -OCH3 is 1. The molecule has 1 heterocycles. The largest absolute Gasteiger partial charge is 0.493 e. The lowest BCUT2D eigenvalue weighted by Gasteiger charge is -2.18. The summed E-state index contributed by atoms with van der Waals surface area (Å²) in [4.78, 5) is 0. The van der Waals surface area contributed by atoms with Gasteiger partial charge in [-0.25, -0.2) is 0 Å². The lowest BCUT2D eigenvalue weighted by atomic mass is 9.89. The first kappa shape index (κ1) is 18.3. The SMILES string of the molecule is COc1cccc2c(COCCC(c3ccccc3)c3ccccc3)coc12. The van der Waals surface area contributed by atoms with Gasteiger partial charge in [0.05, 0.1) is 20.0 Å². The number of hydrogen-bond donors (Lipinski definition) is 0. The maximum Gasteiger partial charge on any atom is 0.176 e. The smallest absolute Gasteiger partial charge is 0.176 e. The van der Waals surface area contributed by atoms with Crippen molar-refractivity contribution < 1.29 is 13.9 Å². The van der Waals surface area contributed by atoms with Gasteiger partial charge in [-0.3, -0.25) is 0 Å². The third-order valence-corrected chi connectivity index (χ3v) is 5.08. The molecule has 0 unspecified atom stereocenters. The van der Waals surface area contributed by atoms with Gasteiger partial charge in [-0.15, -0.1) is 0 Å². The van der Waals surface area contributed by atoms with Crippen LogP contribution in [-0.4, -0.2) is 13.7 Å². The summed E-state index contributed by atoms with van der Waals surface area (Å²) in [7, 11) is 1.65. The summed E-state index contributed by atoms with van der Waals surface area (Å²) in [5, 5.41) is 1.04. The van der Waals surface area contributed by atoms with Crippen LogP contribution in [-0.2, 0) is 11.3 Å². The van der Waals surface area contributed by atoms with Gasteiger partial charge in [-0.2, -0.15) is 0 Å². The zero-order valence-corrected chi connectivity index (χ0v) is 16.0. The predicted molar refractivity (Wildman–Crippen MR) is 112 cm³/mol. The number of rotatable bonds is 8. The van der Waals surface area contributed by atoms with Crippen LogP contribution in [0.4, 0.5) is 0 Å². The molecule has 0 saturated heterocycles. The Hall–Kier alpha value is -3.04. The molecule has 1 aromatic heterocycles. The Kier molecular flexibility index (Phi) is 5.74. The van der Waals surface area contributed by atoms with Crippen molar-refractivity contribution in [2.24, 2.45) is 0 Å². The van der Waals surface area contributed by atoms with Crippen molar-refractivity contribution in [1.29, 1.82) is 0 Å². The highest BCUT2D eigenvalue weighted by Crippen LogP contribution is 2.31. The van der Waals surface area contributed by atoms with Gasteiger partial charge in [-0.1, -0.05) is 72.8 Å². The summed E-state index contributed by atoms with van der Waals surface area (Å²) in [5.74, 6) is 1.07. The quantitative estimate of drug-likeness (QED) is 0.346. The van der Waals surface area contributed by atoms with E-state index in [1.165, 1.54) is 11.1 Å². The first-order valence-corrected chi connectivity index (χ1v) is 9.57. The lowest BCUT2D eigenvalue weighted by Crippen LogP contribution is -2.06. The summed E-state index contributed by atoms with van der Waals surface area (Å²) in [6.45, 7) is 1.20. The molecule has 28 heavy (non-hydrogen) atoms. The molecule has 0 N–H and O–H groups in total. The Morgan fingerprint density at radius 3 is 2.14 bits per heavy atom. The van der Waals surface area contributed by atoms with Crippen LogP contribution in [0, 0.1) is 0 Å². The second kappa shape index (κ2) is 8.77. The fourth-order valence-electron chi connectivity index (χ4n) is 3.64. The van der Waals surface area contributed by atoms with Crippen molar-refractivity contribution in [2.45, 2.75) is 18.9 Å². The standard InChI is InChI=1S/C25H24O3/c1-26-24-14-8-13-23-21(18-28-25(23)24)17-27-16-15-22(19-9-4-2-5-10-19)20-11-6-3-7-12-20/h2-14,18,22H,15-17H2,1H3. The van der Waals surface area contributed by atoms with Crippen molar-refractivity contribution in [3.63, 3.8) is 0 Å². The first-order valence-electron chi connectivity index (χ1n) is 9.57. The third-order valence-electron chi connectivity index (χ3n) is 5.08. The maximum atomic E-state index is 6.03. The molecule has 3 aromatic carbocycles. The van der Waals surface area contributed by atoms with E-state index in [2.05, 4.69) is 60.7 Å². The fraction of sp³-hybridized carbons (Fsp3) is 0.200. The summed E-state index contributed by atoms with van der Waals surface area (Å²) >= 11 is 0. The van der Waals surface area contributed by atoms with E-state index in [1.54, 1.807) is 13.4 Å². The second-order valence-electron chi connectivity index (χ2n) is 6.81. The van der Waals surface area contributed by atoms with Crippen LogP contribution in [0.3, 0.4) is 0 Å². The van der Waals surface area contributed by atoms with Crippen molar-refractivity contribution >= 4 is 11.0 Å². The minimum Gasteiger partial charge on any atom is -0.493 e. The Morgan fingerprint density at radius 1 is 0.821 bits per heavy atom. The molecule has 0 fully saturated rings. The maximum absolute atomic E-state index is 6.03. The molecule has 0 bridgehead atoms. The molecule has 4 aromatic rings. The van der Waals surface area contributed by atoms with Gasteiger partial charge in [0.1, 0.15) is 0 Å². The van der Waals surface area contributed by atoms with E-state index in [4.69, 9.17) is 13.9 Å². The highest BCUT2D eigenvalue weighted by Gasteiger charge is 2.14. The molecule has 0 radical (unpaired) electrons. The molecule has 142 valence electrons. The van der Waals surface area contributed by atoms with Gasteiger partial charge >= 0.3 is 0 Å². The molecular weight excluding hydrogens is 348 g/mol. The van der Waals surface area contributed by atoms with E-state index >= 15 is 0 Å². The Bertz CT molecular complexity index is 966. The lowest BCUT2D eigenvalue weighted by molar-refractivity contribution is 0.116. The minimum absolute atomic E-state index is 0.323. The van der Waals surface area contributed by atoms with Crippen LogP contribution in [0.2, 0.25) is 0 Å². The molecule has 0 aliphatic rings. The summed E-state index contributed by atoms with van der Waals surface area (Å²) in [6.07, 6.45) is 2.69. The van der Waals surface area contributed by atoms with E-state index in [1.807, 2.05) is 18.2 Å². The molecule has 0 saturated carbocycles. The summed E-state index contributed by atoms with van der Waals surface area (Å²) < 4.78 is 17.1. The number of furan rings is 1. The van der Waals surface area contributed by atoms with Crippen molar-refractivity contribution in [3.05, 3.63) is 102 Å². The summed E-state index contributed by atoms with van der Waals surface area (Å²) in [5.41, 5.74) is 4.45. The monoisotopic (exact) mass is 372 g/mol. The van der Waals surface area contributed by atoms with Gasteiger partial charge < -0.3 is 13.9 Å². The number of ether oxygens (including phenoxy) is 2. The van der Waals surface area contributed by atoms with Gasteiger partial charge in [0.15, 0.2) is 11.3 Å².